The van der Waals surface area contributed by atoms with Gasteiger partial charge in [0.2, 0.25) is 5.76 Å². The molecular formula is C23H40O7. The molecule has 1 aliphatic rings. The predicted molar refractivity (Wildman–Crippen MR) is 114 cm³/mol. The molecule has 0 amide bonds. The van der Waals surface area contributed by atoms with Crippen LogP contribution in [0.5, 0.6) is 0 Å². The molecular weight excluding hydrogens is 388 g/mol. The van der Waals surface area contributed by atoms with Gasteiger partial charge >= 0.3 is 11.9 Å². The Hall–Kier alpha value is -1.76. The van der Waals surface area contributed by atoms with Gasteiger partial charge in [0, 0.05) is 6.92 Å². The van der Waals surface area contributed by atoms with Crippen molar-refractivity contribution >= 4 is 11.9 Å². The molecule has 0 fully saturated rings. The first-order chi connectivity index (χ1) is 14.5. The third-order valence-electron chi connectivity index (χ3n) is 5.22. The smallest absolute Gasteiger partial charge is 0.378 e. The molecule has 1 heterocycles. The zero-order valence-corrected chi connectivity index (χ0v) is 18.7. The average molecular weight is 429 g/mol. The lowest BCUT2D eigenvalue weighted by atomic mass is 10.0. The number of cyclic esters (lactones) is 1. The van der Waals surface area contributed by atoms with Gasteiger partial charge in [-0.05, 0) is 6.42 Å². The number of unbranched alkanes of at least 4 members (excludes halogenated alkanes) is 12. The van der Waals surface area contributed by atoms with Crippen LogP contribution in [0.3, 0.4) is 0 Å². The maximum Gasteiger partial charge on any atom is 0.378 e. The highest BCUT2D eigenvalue weighted by Gasteiger charge is 2.40. The molecule has 1 rings (SSSR count). The Kier molecular flexibility index (Phi) is 14.0. The van der Waals surface area contributed by atoms with Crippen LogP contribution in [0.1, 0.15) is 97.3 Å². The first kappa shape index (κ1) is 26.3. The molecule has 0 saturated heterocycles. The lowest BCUT2D eigenvalue weighted by Gasteiger charge is -2.16. The van der Waals surface area contributed by atoms with E-state index in [1.165, 1.54) is 71.1 Å². The van der Waals surface area contributed by atoms with E-state index >= 15 is 0 Å². The van der Waals surface area contributed by atoms with Gasteiger partial charge < -0.3 is 24.4 Å². The number of ether oxygens (including phenoxy) is 3. The van der Waals surface area contributed by atoms with E-state index < -0.39 is 29.9 Å². The van der Waals surface area contributed by atoms with Crippen molar-refractivity contribution in [1.29, 1.82) is 0 Å². The molecule has 30 heavy (non-hydrogen) atoms. The molecule has 0 aromatic rings. The Labute approximate surface area is 180 Å². The molecule has 0 aromatic carbocycles. The first-order valence-corrected chi connectivity index (χ1v) is 11.6. The van der Waals surface area contributed by atoms with Crippen molar-refractivity contribution in [3.8, 4) is 0 Å². The molecule has 7 heteroatoms. The lowest BCUT2D eigenvalue weighted by molar-refractivity contribution is -0.153. The maximum absolute atomic E-state index is 11.8. The highest BCUT2D eigenvalue weighted by atomic mass is 16.6. The molecule has 0 bridgehead atoms. The predicted octanol–water partition coefficient (Wildman–Crippen LogP) is 4.71. The van der Waals surface area contributed by atoms with Crippen LogP contribution in [0.4, 0.5) is 0 Å². The fourth-order valence-corrected chi connectivity index (χ4v) is 3.44. The van der Waals surface area contributed by atoms with Gasteiger partial charge in [0.05, 0.1) is 6.61 Å². The third kappa shape index (κ3) is 10.9. The van der Waals surface area contributed by atoms with Crippen LogP contribution in [0.25, 0.3) is 0 Å². The molecule has 174 valence electrons. The summed E-state index contributed by atoms with van der Waals surface area (Å²) in [6, 6.07) is 0. The van der Waals surface area contributed by atoms with Crippen LogP contribution in [0.15, 0.2) is 11.5 Å². The summed E-state index contributed by atoms with van der Waals surface area (Å²) in [7, 11) is 0. The number of esters is 2. The van der Waals surface area contributed by atoms with Crippen LogP contribution < -0.4 is 0 Å². The van der Waals surface area contributed by atoms with Gasteiger partial charge in [-0.3, -0.25) is 4.79 Å². The monoisotopic (exact) mass is 428 g/mol. The van der Waals surface area contributed by atoms with E-state index in [0.29, 0.717) is 6.61 Å². The zero-order valence-electron chi connectivity index (χ0n) is 18.7. The van der Waals surface area contributed by atoms with Crippen molar-refractivity contribution in [3.63, 3.8) is 0 Å². The largest absolute Gasteiger partial charge is 0.505 e. The van der Waals surface area contributed by atoms with Crippen LogP contribution >= 0.6 is 0 Å². The summed E-state index contributed by atoms with van der Waals surface area (Å²) in [4.78, 5) is 22.6. The summed E-state index contributed by atoms with van der Waals surface area (Å²) in [5, 5.41) is 20.0. The second kappa shape index (κ2) is 16.0. The van der Waals surface area contributed by atoms with E-state index in [4.69, 9.17) is 9.47 Å². The minimum Gasteiger partial charge on any atom is -0.505 e. The van der Waals surface area contributed by atoms with E-state index in [1.54, 1.807) is 0 Å². The van der Waals surface area contributed by atoms with Crippen molar-refractivity contribution in [3.05, 3.63) is 11.5 Å². The van der Waals surface area contributed by atoms with E-state index in [9.17, 15) is 19.8 Å². The Morgan fingerprint density at radius 1 is 0.967 bits per heavy atom. The molecule has 0 unspecified atom stereocenters. The quantitative estimate of drug-likeness (QED) is 0.241. The second-order valence-electron chi connectivity index (χ2n) is 8.00. The van der Waals surface area contributed by atoms with E-state index in [2.05, 4.69) is 11.7 Å². The van der Waals surface area contributed by atoms with Crippen LogP contribution in [0.2, 0.25) is 0 Å². The Balaban J connectivity index is 2.06. The van der Waals surface area contributed by atoms with Crippen molar-refractivity contribution < 1.29 is 34.0 Å². The topological polar surface area (TPSA) is 102 Å². The Morgan fingerprint density at radius 2 is 1.47 bits per heavy atom. The van der Waals surface area contributed by atoms with E-state index in [-0.39, 0.29) is 12.4 Å². The molecule has 2 N–H and O–H groups in total. The Bertz CT molecular complexity index is 530. The number of aliphatic hydroxyl groups excluding tert-OH is 2. The van der Waals surface area contributed by atoms with E-state index in [1.807, 2.05) is 0 Å². The molecule has 0 spiro atoms. The average Bonchev–Trinajstić information content (AvgIpc) is 3.00. The number of carbonyl (C=O) groups excluding carboxylic acids is 2. The molecule has 0 aliphatic carbocycles. The molecule has 0 radical (unpaired) electrons. The molecule has 7 nitrogen and oxygen atoms in total. The SMILES string of the molecule is CCCCCCCCCCCCCCCOC1=C(O)[C@@H]([C@@H](O)COC(C)=O)OC1=O. The minimum atomic E-state index is -1.34. The number of hydrogen-bond acceptors (Lipinski definition) is 7. The summed E-state index contributed by atoms with van der Waals surface area (Å²) < 4.78 is 15.0. The molecule has 0 saturated carbocycles. The molecule has 1 aliphatic heterocycles. The summed E-state index contributed by atoms with van der Waals surface area (Å²) >= 11 is 0. The van der Waals surface area contributed by atoms with Crippen LogP contribution in [0, 0.1) is 0 Å². The highest BCUT2D eigenvalue weighted by Crippen LogP contribution is 2.24. The normalized spacial score (nSPS) is 17.2. The van der Waals surface area contributed by atoms with Gasteiger partial charge in [0.15, 0.2) is 11.9 Å². The van der Waals surface area contributed by atoms with Gasteiger partial charge in [-0.2, -0.15) is 0 Å². The van der Waals surface area contributed by atoms with Gasteiger partial charge in [-0.15, -0.1) is 0 Å². The maximum atomic E-state index is 11.8. The van der Waals surface area contributed by atoms with Crippen LogP contribution in [-0.2, 0) is 23.8 Å². The van der Waals surface area contributed by atoms with Gasteiger partial charge in [0.25, 0.3) is 0 Å². The second-order valence-corrected chi connectivity index (χ2v) is 8.00. The van der Waals surface area contributed by atoms with Gasteiger partial charge in [0.1, 0.15) is 12.7 Å². The number of hydrogen-bond donors (Lipinski definition) is 2. The number of rotatable bonds is 18. The van der Waals surface area contributed by atoms with Gasteiger partial charge in [-0.25, -0.2) is 4.79 Å². The number of carbonyl (C=O) groups is 2. The van der Waals surface area contributed by atoms with E-state index in [0.717, 1.165) is 19.3 Å². The standard InChI is InChI=1S/C23H40O7/c1-3-4-5-6-7-8-9-10-11-12-13-14-15-16-28-22-20(26)21(30-23(22)27)19(25)17-29-18(2)24/h19,21,25-26H,3-17H2,1-2H3/t19-,21+/m0/s1. The summed E-state index contributed by atoms with van der Waals surface area (Å²) in [5.74, 6) is -2.09. The van der Waals surface area contributed by atoms with Crippen molar-refractivity contribution in [2.24, 2.45) is 0 Å². The van der Waals surface area contributed by atoms with Crippen LogP contribution in [-0.4, -0.2) is 47.6 Å². The molecule has 2 atom stereocenters. The van der Waals surface area contributed by atoms with Crippen molar-refractivity contribution in [2.45, 2.75) is 110 Å². The fourth-order valence-electron chi connectivity index (χ4n) is 3.44. The fraction of sp³-hybridized carbons (Fsp3) is 0.826. The van der Waals surface area contributed by atoms with Crippen molar-refractivity contribution in [2.75, 3.05) is 13.2 Å². The molecule has 0 aromatic heterocycles. The van der Waals surface area contributed by atoms with Gasteiger partial charge in [-0.1, -0.05) is 84.0 Å². The minimum absolute atomic E-state index is 0.263. The zero-order chi connectivity index (χ0) is 22.2. The highest BCUT2D eigenvalue weighted by molar-refractivity contribution is 5.89. The summed E-state index contributed by atoms with van der Waals surface area (Å²) in [6.07, 6.45) is 13.5. The first-order valence-electron chi connectivity index (χ1n) is 11.6. The summed E-state index contributed by atoms with van der Waals surface area (Å²) in [6.45, 7) is 3.38. The lowest BCUT2D eigenvalue weighted by Crippen LogP contribution is -2.33. The Morgan fingerprint density at radius 3 is 1.97 bits per heavy atom. The van der Waals surface area contributed by atoms with Crippen molar-refractivity contribution in [1.82, 2.24) is 0 Å². The number of aliphatic hydroxyl groups is 2. The third-order valence-corrected chi connectivity index (χ3v) is 5.22. The summed E-state index contributed by atoms with van der Waals surface area (Å²) in [5.41, 5.74) is 0.